The smallest absolute Gasteiger partial charge is 0.379 e. The van der Waals surface area contributed by atoms with Gasteiger partial charge in [-0.3, -0.25) is 4.79 Å². The molecule has 2 N–H and O–H groups in total. The monoisotopic (exact) mass is 252 g/mol. The van der Waals surface area contributed by atoms with Gasteiger partial charge in [-0.05, 0) is 19.9 Å². The van der Waals surface area contributed by atoms with Crippen LogP contribution < -0.4 is 10.6 Å². The third-order valence-electron chi connectivity index (χ3n) is 3.44. The number of hydrogen-bond donors (Lipinski definition) is 2. The van der Waals surface area contributed by atoms with E-state index in [4.69, 9.17) is 4.74 Å². The van der Waals surface area contributed by atoms with Gasteiger partial charge in [0.05, 0.1) is 19.1 Å². The zero-order valence-corrected chi connectivity index (χ0v) is 9.43. The second-order valence-electron chi connectivity index (χ2n) is 4.61. The van der Waals surface area contributed by atoms with E-state index in [1.165, 1.54) is 0 Å². The molecule has 2 aliphatic rings. The molecule has 1 aliphatic carbocycles. The largest absolute Gasteiger partial charge is 0.411 e. The van der Waals surface area contributed by atoms with Crippen molar-refractivity contribution in [2.24, 2.45) is 5.92 Å². The second-order valence-corrected chi connectivity index (χ2v) is 4.61. The first-order chi connectivity index (χ1) is 7.89. The Labute approximate surface area is 96.9 Å². The number of ether oxygens (including phenoxy) is 1. The van der Waals surface area contributed by atoms with Gasteiger partial charge in [0.2, 0.25) is 5.91 Å². The first-order valence-corrected chi connectivity index (χ1v) is 5.53. The van der Waals surface area contributed by atoms with Gasteiger partial charge in [0, 0.05) is 6.04 Å². The molecule has 0 spiro atoms. The van der Waals surface area contributed by atoms with Gasteiger partial charge in [-0.25, -0.2) is 0 Å². The number of nitrogens with one attached hydrogen (secondary N) is 2. The van der Waals surface area contributed by atoms with Crippen molar-refractivity contribution in [1.29, 1.82) is 0 Å². The summed E-state index contributed by atoms with van der Waals surface area (Å²) in [4.78, 5) is 11.8. The van der Waals surface area contributed by atoms with Crippen LogP contribution in [0.1, 0.15) is 12.8 Å². The highest BCUT2D eigenvalue weighted by Gasteiger charge is 2.64. The zero-order chi connectivity index (χ0) is 12.7. The fourth-order valence-corrected chi connectivity index (χ4v) is 2.03. The molecule has 0 bridgehead atoms. The Morgan fingerprint density at radius 2 is 2.00 bits per heavy atom. The molecule has 2 unspecified atom stereocenters. The number of rotatable bonds is 3. The molecule has 1 amide bonds. The van der Waals surface area contributed by atoms with Crippen LogP contribution in [0.3, 0.4) is 0 Å². The van der Waals surface area contributed by atoms with Crippen molar-refractivity contribution < 1.29 is 22.7 Å². The Morgan fingerprint density at radius 1 is 1.35 bits per heavy atom. The highest BCUT2D eigenvalue weighted by molar-refractivity contribution is 5.81. The zero-order valence-electron chi connectivity index (χ0n) is 9.43. The van der Waals surface area contributed by atoms with E-state index >= 15 is 0 Å². The van der Waals surface area contributed by atoms with Crippen LogP contribution >= 0.6 is 0 Å². The van der Waals surface area contributed by atoms with Crippen LogP contribution in [0.25, 0.3) is 0 Å². The highest BCUT2D eigenvalue weighted by Crippen LogP contribution is 2.49. The van der Waals surface area contributed by atoms with Crippen LogP contribution in [-0.4, -0.2) is 43.9 Å². The normalized spacial score (nSPS) is 31.3. The van der Waals surface area contributed by atoms with E-state index < -0.39 is 23.5 Å². The van der Waals surface area contributed by atoms with Gasteiger partial charge in [-0.15, -0.1) is 0 Å². The summed E-state index contributed by atoms with van der Waals surface area (Å²) >= 11 is 0. The summed E-state index contributed by atoms with van der Waals surface area (Å²) in [5.74, 6) is -1.11. The number of alkyl halides is 3. The number of carbonyl (C=O) groups excluding carboxylic acids is 1. The number of amides is 1. The lowest BCUT2D eigenvalue weighted by atomic mass is 10.0. The molecule has 2 rings (SSSR count). The first-order valence-electron chi connectivity index (χ1n) is 5.53. The predicted octanol–water partition coefficient (Wildman–Crippen LogP) is 0.432. The number of halogens is 3. The van der Waals surface area contributed by atoms with E-state index in [0.717, 1.165) is 0 Å². The highest BCUT2D eigenvalue weighted by atomic mass is 19.4. The SMILES string of the molecule is CNC1COCC1C(=O)NC1(C(F)(F)F)CC1. The average molecular weight is 252 g/mol. The minimum Gasteiger partial charge on any atom is -0.379 e. The average Bonchev–Trinajstić information content (AvgIpc) is 2.88. The van der Waals surface area contributed by atoms with E-state index in [2.05, 4.69) is 10.6 Å². The van der Waals surface area contributed by atoms with Gasteiger partial charge < -0.3 is 15.4 Å². The molecule has 1 saturated carbocycles. The van der Waals surface area contributed by atoms with Crippen LogP contribution in [0, 0.1) is 5.92 Å². The first kappa shape index (κ1) is 12.6. The standard InChI is InChI=1S/C10H15F3N2O2/c1-14-7-5-17-4-6(7)8(16)15-9(2-3-9)10(11,12)13/h6-7,14H,2-5H2,1H3,(H,15,16). The minimum atomic E-state index is -4.36. The van der Waals surface area contributed by atoms with Crippen LogP contribution in [0.4, 0.5) is 13.2 Å². The lowest BCUT2D eigenvalue weighted by molar-refractivity contribution is -0.171. The van der Waals surface area contributed by atoms with Gasteiger partial charge in [0.15, 0.2) is 0 Å². The molecule has 0 aromatic heterocycles. The summed E-state index contributed by atoms with van der Waals surface area (Å²) in [6, 6.07) is -0.209. The maximum absolute atomic E-state index is 12.7. The van der Waals surface area contributed by atoms with Gasteiger partial charge in [-0.1, -0.05) is 0 Å². The fourth-order valence-electron chi connectivity index (χ4n) is 2.03. The molecule has 17 heavy (non-hydrogen) atoms. The lowest BCUT2D eigenvalue weighted by Crippen LogP contribution is -2.52. The molecule has 7 heteroatoms. The van der Waals surface area contributed by atoms with E-state index in [-0.39, 0.29) is 25.5 Å². The summed E-state index contributed by atoms with van der Waals surface area (Å²) in [6.07, 6.45) is -4.42. The van der Waals surface area contributed by atoms with Crippen LogP contribution in [0.15, 0.2) is 0 Å². The van der Waals surface area contributed by atoms with Crippen LogP contribution in [-0.2, 0) is 9.53 Å². The fraction of sp³-hybridized carbons (Fsp3) is 0.900. The van der Waals surface area contributed by atoms with E-state index in [1.54, 1.807) is 7.05 Å². The quantitative estimate of drug-likeness (QED) is 0.766. The Hall–Kier alpha value is -0.820. The molecular formula is C10H15F3N2O2. The van der Waals surface area contributed by atoms with E-state index in [0.29, 0.717) is 6.61 Å². The third kappa shape index (κ3) is 2.26. The Bertz CT molecular complexity index is 315. The molecular weight excluding hydrogens is 237 g/mol. The maximum Gasteiger partial charge on any atom is 0.411 e. The third-order valence-corrected chi connectivity index (χ3v) is 3.44. The molecule has 1 saturated heterocycles. The molecule has 2 fully saturated rings. The van der Waals surface area contributed by atoms with Crippen molar-refractivity contribution in [2.75, 3.05) is 20.3 Å². The van der Waals surface area contributed by atoms with Crippen LogP contribution in [0.2, 0.25) is 0 Å². The minimum absolute atomic E-state index is 0.0277. The van der Waals surface area contributed by atoms with Gasteiger partial charge in [0.25, 0.3) is 0 Å². The Balaban J connectivity index is 1.98. The van der Waals surface area contributed by atoms with Crippen molar-refractivity contribution in [2.45, 2.75) is 30.6 Å². The Morgan fingerprint density at radius 3 is 2.47 bits per heavy atom. The van der Waals surface area contributed by atoms with Crippen LogP contribution in [0.5, 0.6) is 0 Å². The molecule has 1 heterocycles. The summed E-state index contributed by atoms with van der Waals surface area (Å²) in [7, 11) is 1.66. The molecule has 98 valence electrons. The van der Waals surface area contributed by atoms with Gasteiger partial charge in [0.1, 0.15) is 5.54 Å². The van der Waals surface area contributed by atoms with Crippen molar-refractivity contribution in [3.05, 3.63) is 0 Å². The number of carbonyl (C=O) groups is 1. The summed E-state index contributed by atoms with van der Waals surface area (Å²) in [5, 5.41) is 5.00. The molecule has 0 radical (unpaired) electrons. The number of hydrogen-bond acceptors (Lipinski definition) is 3. The van der Waals surface area contributed by atoms with Gasteiger partial charge in [-0.2, -0.15) is 13.2 Å². The number of likely N-dealkylation sites (N-methyl/N-ethyl adjacent to an activating group) is 1. The van der Waals surface area contributed by atoms with E-state index in [9.17, 15) is 18.0 Å². The Kier molecular flexibility index (Phi) is 3.07. The molecule has 4 nitrogen and oxygen atoms in total. The maximum atomic E-state index is 12.7. The molecule has 0 aromatic carbocycles. The molecule has 0 aromatic rings. The predicted molar refractivity (Wildman–Crippen MR) is 53.3 cm³/mol. The van der Waals surface area contributed by atoms with Crippen molar-refractivity contribution >= 4 is 5.91 Å². The lowest BCUT2D eigenvalue weighted by Gasteiger charge is -2.24. The summed E-state index contributed by atoms with van der Waals surface area (Å²) in [6.45, 7) is 0.527. The topological polar surface area (TPSA) is 50.4 Å². The second kappa shape index (κ2) is 4.13. The summed E-state index contributed by atoms with van der Waals surface area (Å²) in [5.41, 5.74) is -1.98. The molecule has 1 aliphatic heterocycles. The van der Waals surface area contributed by atoms with Crippen molar-refractivity contribution in [3.63, 3.8) is 0 Å². The van der Waals surface area contributed by atoms with Crippen molar-refractivity contribution in [3.8, 4) is 0 Å². The van der Waals surface area contributed by atoms with E-state index in [1.807, 2.05) is 0 Å². The van der Waals surface area contributed by atoms with Crippen molar-refractivity contribution in [1.82, 2.24) is 10.6 Å². The summed E-state index contributed by atoms with van der Waals surface area (Å²) < 4.78 is 43.1. The van der Waals surface area contributed by atoms with Gasteiger partial charge >= 0.3 is 6.18 Å². The molecule has 2 atom stereocenters.